The Morgan fingerprint density at radius 2 is 1.88 bits per heavy atom. The first-order chi connectivity index (χ1) is 11.6. The Morgan fingerprint density at radius 3 is 2.50 bits per heavy atom. The molecule has 0 radical (unpaired) electrons. The van der Waals surface area contributed by atoms with Crippen LogP contribution in [0.1, 0.15) is 57.7 Å². The molecule has 4 saturated carbocycles. The fraction of sp³-hybridized carbons (Fsp3) is 0.667. The summed E-state index contributed by atoms with van der Waals surface area (Å²) in [6, 6.07) is 0. The number of aromatic amines is 1. The molecular formula is C21H28N2O. The molecule has 5 aliphatic carbocycles. The third-order valence-corrected chi connectivity index (χ3v) is 7.49. The monoisotopic (exact) mass is 324 g/mol. The van der Waals surface area contributed by atoms with Crippen molar-refractivity contribution in [2.45, 2.75) is 62.9 Å². The summed E-state index contributed by atoms with van der Waals surface area (Å²) in [7, 11) is 0. The predicted molar refractivity (Wildman–Crippen MR) is 94.4 cm³/mol. The van der Waals surface area contributed by atoms with E-state index in [0.717, 1.165) is 30.5 Å². The van der Waals surface area contributed by atoms with Gasteiger partial charge in [-0.05, 0) is 75.5 Å². The standard InChI is InChI=1S/C21H28N2O/c1-20(19-22-5-6-23-19)4-2-3-14(12-20)13-21(24)17-8-15-7-16(10-17)11-18(21)9-15/h2-6,15-18,24H,7-13H2,1H3,(H,22,23). The summed E-state index contributed by atoms with van der Waals surface area (Å²) in [4.78, 5) is 7.77. The number of aliphatic hydroxyl groups is 1. The topological polar surface area (TPSA) is 48.9 Å². The fourth-order valence-electron chi connectivity index (χ4n) is 6.50. The maximum atomic E-state index is 11.7. The van der Waals surface area contributed by atoms with E-state index in [-0.39, 0.29) is 5.41 Å². The zero-order valence-corrected chi connectivity index (χ0v) is 14.5. The molecule has 128 valence electrons. The molecule has 4 fully saturated rings. The number of hydrogen-bond acceptors (Lipinski definition) is 2. The minimum atomic E-state index is -0.450. The van der Waals surface area contributed by atoms with Crippen LogP contribution in [-0.2, 0) is 5.41 Å². The van der Waals surface area contributed by atoms with Crippen LogP contribution in [0.3, 0.4) is 0 Å². The minimum Gasteiger partial charge on any atom is -0.389 e. The lowest BCUT2D eigenvalue weighted by Gasteiger charge is -2.59. The van der Waals surface area contributed by atoms with Crippen molar-refractivity contribution >= 4 is 0 Å². The molecule has 0 aromatic carbocycles. The van der Waals surface area contributed by atoms with Crippen LogP contribution < -0.4 is 0 Å². The molecule has 4 bridgehead atoms. The van der Waals surface area contributed by atoms with Crippen LogP contribution in [0.5, 0.6) is 0 Å². The number of aromatic nitrogens is 2. The first-order valence-corrected chi connectivity index (χ1v) is 9.65. The number of H-pyrrole nitrogens is 1. The second kappa shape index (κ2) is 5.08. The number of hydrogen-bond donors (Lipinski definition) is 2. The zero-order valence-electron chi connectivity index (χ0n) is 14.5. The van der Waals surface area contributed by atoms with Crippen LogP contribution in [-0.4, -0.2) is 20.7 Å². The van der Waals surface area contributed by atoms with Crippen molar-refractivity contribution in [3.05, 3.63) is 42.0 Å². The Labute approximate surface area is 144 Å². The quantitative estimate of drug-likeness (QED) is 0.878. The molecule has 5 aliphatic rings. The lowest BCUT2D eigenvalue weighted by atomic mass is 9.48. The van der Waals surface area contributed by atoms with E-state index in [4.69, 9.17) is 0 Å². The Hall–Kier alpha value is -1.35. The molecule has 1 heterocycles. The number of imidazole rings is 1. The molecule has 3 heteroatoms. The van der Waals surface area contributed by atoms with Gasteiger partial charge in [-0.2, -0.15) is 0 Å². The van der Waals surface area contributed by atoms with Crippen molar-refractivity contribution in [3.8, 4) is 0 Å². The lowest BCUT2D eigenvalue weighted by Crippen LogP contribution is -2.57. The lowest BCUT2D eigenvalue weighted by molar-refractivity contribution is -0.172. The van der Waals surface area contributed by atoms with Gasteiger partial charge in [-0.25, -0.2) is 4.98 Å². The van der Waals surface area contributed by atoms with Crippen LogP contribution in [0.4, 0.5) is 0 Å². The summed E-state index contributed by atoms with van der Waals surface area (Å²) in [5, 5.41) is 11.7. The summed E-state index contributed by atoms with van der Waals surface area (Å²) >= 11 is 0. The Kier molecular flexibility index (Phi) is 3.16. The summed E-state index contributed by atoms with van der Waals surface area (Å²) in [5.41, 5.74) is 0.871. The third kappa shape index (κ3) is 2.17. The van der Waals surface area contributed by atoms with E-state index in [0.29, 0.717) is 11.8 Å². The molecule has 0 saturated heterocycles. The molecule has 1 unspecified atom stereocenters. The second-order valence-corrected chi connectivity index (χ2v) is 9.19. The van der Waals surface area contributed by atoms with E-state index in [2.05, 4.69) is 35.1 Å². The van der Waals surface area contributed by atoms with Gasteiger partial charge in [0, 0.05) is 17.8 Å². The molecule has 0 aliphatic heterocycles. The van der Waals surface area contributed by atoms with Crippen LogP contribution >= 0.6 is 0 Å². The number of allylic oxidation sites excluding steroid dienone is 3. The number of nitrogens with zero attached hydrogens (tertiary/aromatic N) is 1. The number of rotatable bonds is 3. The molecule has 24 heavy (non-hydrogen) atoms. The van der Waals surface area contributed by atoms with Gasteiger partial charge in [-0.1, -0.05) is 23.8 Å². The Morgan fingerprint density at radius 1 is 1.17 bits per heavy atom. The van der Waals surface area contributed by atoms with Crippen LogP contribution in [0.25, 0.3) is 0 Å². The van der Waals surface area contributed by atoms with Gasteiger partial charge in [0.05, 0.1) is 5.60 Å². The normalized spacial score (nSPS) is 46.3. The average molecular weight is 324 g/mol. The molecular weight excluding hydrogens is 296 g/mol. The SMILES string of the molecule is CC1(c2ncc[nH]2)C=CC=C(CC2(O)C3CC4CC(C3)CC2C4)C1. The van der Waals surface area contributed by atoms with Crippen molar-refractivity contribution in [2.75, 3.05) is 0 Å². The van der Waals surface area contributed by atoms with Gasteiger partial charge in [0.25, 0.3) is 0 Å². The van der Waals surface area contributed by atoms with Crippen molar-refractivity contribution in [3.63, 3.8) is 0 Å². The summed E-state index contributed by atoms with van der Waals surface area (Å²) < 4.78 is 0. The molecule has 0 spiro atoms. The van der Waals surface area contributed by atoms with Crippen LogP contribution in [0, 0.1) is 23.7 Å². The Bertz CT molecular complexity index is 659. The largest absolute Gasteiger partial charge is 0.389 e. The molecule has 0 amide bonds. The zero-order chi connectivity index (χ0) is 16.4. The van der Waals surface area contributed by atoms with Crippen LogP contribution in [0.15, 0.2) is 36.2 Å². The second-order valence-electron chi connectivity index (χ2n) is 9.19. The number of nitrogens with one attached hydrogen (secondary N) is 1. The molecule has 1 aromatic rings. The maximum absolute atomic E-state index is 11.7. The van der Waals surface area contributed by atoms with Gasteiger partial charge in [-0.15, -0.1) is 0 Å². The van der Waals surface area contributed by atoms with Crippen molar-refractivity contribution in [1.29, 1.82) is 0 Å². The summed E-state index contributed by atoms with van der Waals surface area (Å²) in [6.45, 7) is 2.25. The average Bonchev–Trinajstić information content (AvgIpc) is 3.07. The highest BCUT2D eigenvalue weighted by Crippen LogP contribution is 2.60. The highest BCUT2D eigenvalue weighted by molar-refractivity contribution is 5.32. The Balaban J connectivity index is 1.38. The van der Waals surface area contributed by atoms with E-state index in [1.54, 1.807) is 0 Å². The maximum Gasteiger partial charge on any atom is 0.116 e. The highest BCUT2D eigenvalue weighted by Gasteiger charge is 2.56. The van der Waals surface area contributed by atoms with Gasteiger partial charge >= 0.3 is 0 Å². The van der Waals surface area contributed by atoms with Gasteiger partial charge < -0.3 is 10.1 Å². The van der Waals surface area contributed by atoms with E-state index in [9.17, 15) is 5.11 Å². The fourth-order valence-corrected chi connectivity index (χ4v) is 6.50. The van der Waals surface area contributed by atoms with E-state index in [1.807, 2.05) is 12.4 Å². The molecule has 1 atom stereocenters. The minimum absolute atomic E-state index is 0.0736. The van der Waals surface area contributed by atoms with Crippen LogP contribution in [0.2, 0.25) is 0 Å². The van der Waals surface area contributed by atoms with Gasteiger partial charge in [0.15, 0.2) is 0 Å². The van der Waals surface area contributed by atoms with Gasteiger partial charge in [0.1, 0.15) is 5.82 Å². The molecule has 6 rings (SSSR count). The van der Waals surface area contributed by atoms with Gasteiger partial charge in [0.2, 0.25) is 0 Å². The molecule has 1 aromatic heterocycles. The predicted octanol–water partition coefficient (Wildman–Crippen LogP) is 4.13. The van der Waals surface area contributed by atoms with Crippen molar-refractivity contribution in [2.24, 2.45) is 23.7 Å². The van der Waals surface area contributed by atoms with E-state index >= 15 is 0 Å². The first kappa shape index (κ1) is 14.9. The van der Waals surface area contributed by atoms with Gasteiger partial charge in [-0.3, -0.25) is 0 Å². The molecule has 3 nitrogen and oxygen atoms in total. The van der Waals surface area contributed by atoms with E-state index in [1.165, 1.54) is 37.7 Å². The smallest absolute Gasteiger partial charge is 0.116 e. The third-order valence-electron chi connectivity index (χ3n) is 7.49. The highest BCUT2D eigenvalue weighted by atomic mass is 16.3. The summed E-state index contributed by atoms with van der Waals surface area (Å²) in [6.07, 6.45) is 18.7. The molecule has 2 N–H and O–H groups in total. The van der Waals surface area contributed by atoms with Crippen molar-refractivity contribution < 1.29 is 5.11 Å². The van der Waals surface area contributed by atoms with Crippen molar-refractivity contribution in [1.82, 2.24) is 9.97 Å². The van der Waals surface area contributed by atoms with E-state index < -0.39 is 5.60 Å². The first-order valence-electron chi connectivity index (χ1n) is 9.65. The summed E-state index contributed by atoms with van der Waals surface area (Å²) in [5.74, 6) is 3.91.